The van der Waals surface area contributed by atoms with Crippen LogP contribution in [-0.4, -0.2) is 96.7 Å². The predicted octanol–water partition coefficient (Wildman–Crippen LogP) is 22.3. The van der Waals surface area contributed by atoms with Gasteiger partial charge in [0, 0.05) is 25.7 Å². The Morgan fingerprint density at radius 2 is 0.583 bits per heavy atom. The summed E-state index contributed by atoms with van der Waals surface area (Å²) in [6, 6.07) is 0. The number of ether oxygens (including phenoxy) is 4. The summed E-state index contributed by atoms with van der Waals surface area (Å²) in [6.45, 7) is 9.53. The molecule has 0 heterocycles. The van der Waals surface area contributed by atoms with E-state index in [9.17, 15) is 43.2 Å². The number of carbonyl (C=O) groups excluding carboxylic acids is 4. The normalized spacial score (nSPS) is 14.7. The molecule has 3 N–H and O–H groups in total. The molecule has 0 amide bonds. The van der Waals surface area contributed by atoms with Crippen LogP contribution in [0.15, 0.2) is 24.3 Å². The maximum Gasteiger partial charge on any atom is 0.472 e. The molecule has 0 saturated carbocycles. The quantitative estimate of drug-likeness (QED) is 0.0169. The first-order valence-electron chi connectivity index (χ1n) is 39.4. The minimum absolute atomic E-state index is 0.101. The Morgan fingerprint density at radius 1 is 0.333 bits per heavy atom. The third-order valence-electron chi connectivity index (χ3n) is 18.1. The maximum absolute atomic E-state index is 13.1. The lowest BCUT2D eigenvalue weighted by molar-refractivity contribution is -0.161. The first-order chi connectivity index (χ1) is 46.4. The Morgan fingerprint density at radius 3 is 0.885 bits per heavy atom. The molecule has 0 aliphatic rings. The van der Waals surface area contributed by atoms with Gasteiger partial charge in [-0.25, -0.2) is 9.13 Å². The van der Waals surface area contributed by atoms with Crippen LogP contribution in [-0.2, 0) is 65.4 Å². The van der Waals surface area contributed by atoms with Gasteiger partial charge in [0.25, 0.3) is 0 Å². The van der Waals surface area contributed by atoms with Gasteiger partial charge >= 0.3 is 39.5 Å². The molecule has 0 aromatic heterocycles. The van der Waals surface area contributed by atoms with E-state index in [4.69, 9.17) is 37.0 Å². The van der Waals surface area contributed by atoms with Crippen molar-refractivity contribution in [2.45, 2.75) is 394 Å². The fourth-order valence-corrected chi connectivity index (χ4v) is 12.8. The summed E-state index contributed by atoms with van der Waals surface area (Å²) in [5.41, 5.74) is 0. The van der Waals surface area contributed by atoms with E-state index in [1.54, 1.807) is 0 Å². The lowest BCUT2D eigenvalue weighted by Gasteiger charge is -2.21. The number of carbonyl (C=O) groups is 4. The van der Waals surface area contributed by atoms with Crippen LogP contribution >= 0.6 is 15.6 Å². The van der Waals surface area contributed by atoms with E-state index in [0.717, 1.165) is 127 Å². The van der Waals surface area contributed by atoms with Crippen molar-refractivity contribution in [3.8, 4) is 0 Å². The third-order valence-corrected chi connectivity index (χ3v) is 20.0. The van der Waals surface area contributed by atoms with Gasteiger partial charge in [0.05, 0.1) is 26.4 Å². The Hall–Kier alpha value is -2.46. The van der Waals surface area contributed by atoms with Gasteiger partial charge in [0.15, 0.2) is 12.2 Å². The van der Waals surface area contributed by atoms with Gasteiger partial charge in [-0.05, 0) is 63.2 Å². The number of hydrogen-bond acceptors (Lipinski definition) is 15. The molecule has 0 aromatic carbocycles. The van der Waals surface area contributed by atoms with E-state index in [1.165, 1.54) is 167 Å². The number of aliphatic hydroxyl groups excluding tert-OH is 1. The van der Waals surface area contributed by atoms with E-state index in [0.29, 0.717) is 25.7 Å². The van der Waals surface area contributed by atoms with Gasteiger partial charge in [-0.1, -0.05) is 323 Å². The molecule has 0 rings (SSSR count). The van der Waals surface area contributed by atoms with Crippen molar-refractivity contribution in [1.82, 2.24) is 0 Å². The standard InChI is InChI=1S/C77H146O17P2/c1-7-11-13-15-16-17-18-19-24-28-31-37-42-48-54-60-75(80)88-66-73(94-77(82)61-55-49-43-38-32-29-26-23-21-20-22-25-27-30-35-40-46-51-57-69(5)9-3)68-92-96(85,86)90-64-71(78)63-89-95(83,84)91-67-72(65-87-74(79)59-53-45-14-12-8-2)93-76(81)62-56-50-44-39-34-33-36-41-47-52-58-70(6)10-4/h17-19,24,69-73,78H,7-16,20-23,25-68H2,1-6H3,(H,83,84)(H,85,86)/b18-17-,24-19-/t69?,70?,71-,72+,73+/m0/s1. The van der Waals surface area contributed by atoms with Crippen LogP contribution in [0.4, 0.5) is 0 Å². The van der Waals surface area contributed by atoms with Crippen LogP contribution in [0.25, 0.3) is 0 Å². The van der Waals surface area contributed by atoms with Crippen molar-refractivity contribution in [2.75, 3.05) is 39.6 Å². The number of hydrogen-bond donors (Lipinski definition) is 3. The zero-order chi connectivity index (χ0) is 70.7. The molecule has 19 heteroatoms. The van der Waals surface area contributed by atoms with Crippen molar-refractivity contribution in [3.05, 3.63) is 24.3 Å². The van der Waals surface area contributed by atoms with Gasteiger partial charge in [0.2, 0.25) is 0 Å². The molecule has 0 aliphatic carbocycles. The summed E-state index contributed by atoms with van der Waals surface area (Å²) in [6.07, 6.45) is 59.5. The van der Waals surface area contributed by atoms with Gasteiger partial charge in [-0.2, -0.15) is 0 Å². The van der Waals surface area contributed by atoms with Gasteiger partial charge in [0.1, 0.15) is 19.3 Å². The number of unbranched alkanes of at least 4 members (excludes halogenated alkanes) is 39. The fraction of sp³-hybridized carbons (Fsp3) is 0.896. The molecule has 7 atom stereocenters. The highest BCUT2D eigenvalue weighted by atomic mass is 31.2. The summed E-state index contributed by atoms with van der Waals surface area (Å²) in [4.78, 5) is 72.5. The van der Waals surface area contributed by atoms with E-state index < -0.39 is 97.5 Å². The molecule has 0 spiro atoms. The lowest BCUT2D eigenvalue weighted by atomic mass is 9.99. The molecule has 566 valence electrons. The molecule has 0 bridgehead atoms. The summed E-state index contributed by atoms with van der Waals surface area (Å²) >= 11 is 0. The van der Waals surface area contributed by atoms with Crippen molar-refractivity contribution in [1.29, 1.82) is 0 Å². The van der Waals surface area contributed by atoms with Crippen LogP contribution in [0, 0.1) is 11.8 Å². The second kappa shape index (κ2) is 68.3. The number of phosphoric ester groups is 2. The monoisotopic (exact) mass is 1410 g/mol. The molecule has 4 unspecified atom stereocenters. The van der Waals surface area contributed by atoms with Crippen LogP contribution in [0.5, 0.6) is 0 Å². The SMILES string of the molecule is CCCCCC/C=C\C=C/CCCCCCCC(=O)OC[C@H](COP(=O)(O)OC[C@@H](O)COP(=O)(O)OC[C@@H](COC(=O)CCCCCCC)OC(=O)CCCCCCCCCCCCC(C)CC)OC(=O)CCCCCCCCCCCCCCCCCCCCC(C)CC. The fourth-order valence-electron chi connectivity index (χ4n) is 11.2. The summed E-state index contributed by atoms with van der Waals surface area (Å²) < 4.78 is 68.3. The second-order valence-corrected chi connectivity index (χ2v) is 30.5. The summed E-state index contributed by atoms with van der Waals surface area (Å²) in [5, 5.41) is 10.6. The molecular formula is C77H146O17P2. The Balaban J connectivity index is 5.15. The highest BCUT2D eigenvalue weighted by Crippen LogP contribution is 2.45. The minimum Gasteiger partial charge on any atom is -0.462 e. The smallest absolute Gasteiger partial charge is 0.462 e. The first kappa shape index (κ1) is 93.5. The van der Waals surface area contributed by atoms with Gasteiger partial charge < -0.3 is 33.8 Å². The number of allylic oxidation sites excluding steroid dienone is 4. The topological polar surface area (TPSA) is 237 Å². The maximum atomic E-state index is 13.1. The first-order valence-corrected chi connectivity index (χ1v) is 42.4. The third kappa shape index (κ3) is 67.4. The molecule has 96 heavy (non-hydrogen) atoms. The largest absolute Gasteiger partial charge is 0.472 e. The van der Waals surface area contributed by atoms with Crippen LogP contribution < -0.4 is 0 Å². The Labute approximate surface area is 586 Å². The van der Waals surface area contributed by atoms with Gasteiger partial charge in [-0.15, -0.1) is 0 Å². The van der Waals surface area contributed by atoms with Crippen LogP contribution in [0.1, 0.15) is 375 Å². The summed E-state index contributed by atoms with van der Waals surface area (Å²) in [7, 11) is -9.91. The molecule has 0 fully saturated rings. The van der Waals surface area contributed by atoms with E-state index >= 15 is 0 Å². The number of rotatable bonds is 74. The van der Waals surface area contributed by atoms with E-state index in [1.807, 2.05) is 0 Å². The van der Waals surface area contributed by atoms with E-state index in [-0.39, 0.29) is 25.7 Å². The zero-order valence-electron chi connectivity index (χ0n) is 62.2. The molecule has 0 aliphatic heterocycles. The Bertz CT molecular complexity index is 1950. The van der Waals surface area contributed by atoms with Crippen molar-refractivity contribution >= 4 is 39.5 Å². The second-order valence-electron chi connectivity index (χ2n) is 27.5. The van der Waals surface area contributed by atoms with Crippen LogP contribution in [0.2, 0.25) is 0 Å². The molecule has 0 radical (unpaired) electrons. The van der Waals surface area contributed by atoms with Crippen LogP contribution in [0.3, 0.4) is 0 Å². The highest BCUT2D eigenvalue weighted by molar-refractivity contribution is 7.47. The predicted molar refractivity (Wildman–Crippen MR) is 391 cm³/mol. The average molecular weight is 1410 g/mol. The number of esters is 4. The highest BCUT2D eigenvalue weighted by Gasteiger charge is 2.30. The zero-order valence-corrected chi connectivity index (χ0v) is 63.9. The van der Waals surface area contributed by atoms with Crippen molar-refractivity contribution in [2.24, 2.45) is 11.8 Å². The number of phosphoric acid groups is 2. The number of aliphatic hydroxyl groups is 1. The lowest BCUT2D eigenvalue weighted by Crippen LogP contribution is -2.30. The summed E-state index contributed by atoms with van der Waals surface area (Å²) in [5.74, 6) is -0.486. The minimum atomic E-state index is -4.96. The average Bonchev–Trinajstić information content (AvgIpc) is 1.70. The molecule has 17 nitrogen and oxygen atoms in total. The molecular weight excluding hydrogens is 1260 g/mol. The van der Waals surface area contributed by atoms with Crippen molar-refractivity contribution in [3.63, 3.8) is 0 Å². The Kier molecular flexibility index (Phi) is 66.6. The van der Waals surface area contributed by atoms with Gasteiger partial charge in [-0.3, -0.25) is 37.3 Å². The van der Waals surface area contributed by atoms with Crippen molar-refractivity contribution < 1.29 is 80.2 Å². The molecule has 0 saturated heterocycles. The molecule has 0 aromatic rings. The van der Waals surface area contributed by atoms with E-state index in [2.05, 4.69) is 65.8 Å².